The average Bonchev–Trinajstić information content (AvgIpc) is 2.85. The van der Waals surface area contributed by atoms with Crippen LogP contribution in [0.25, 0.3) is 11.0 Å². The van der Waals surface area contributed by atoms with Gasteiger partial charge in [-0.3, -0.25) is 4.98 Å². The SMILES string of the molecule is Cc1nc2cnccc2n1Cc1ccc(SN(C)CCO)cc1. The van der Waals surface area contributed by atoms with E-state index >= 15 is 0 Å². The Morgan fingerprint density at radius 2 is 2.00 bits per heavy atom. The van der Waals surface area contributed by atoms with Gasteiger partial charge in [-0.2, -0.15) is 0 Å². The third-order valence-electron chi connectivity index (χ3n) is 3.68. The van der Waals surface area contributed by atoms with E-state index in [-0.39, 0.29) is 6.61 Å². The molecule has 2 heterocycles. The van der Waals surface area contributed by atoms with Gasteiger partial charge >= 0.3 is 0 Å². The Hall–Kier alpha value is -1.89. The molecule has 0 aliphatic heterocycles. The van der Waals surface area contributed by atoms with Gasteiger partial charge in [-0.25, -0.2) is 9.29 Å². The molecule has 0 saturated carbocycles. The van der Waals surface area contributed by atoms with Gasteiger partial charge in [0.15, 0.2) is 0 Å². The minimum absolute atomic E-state index is 0.170. The van der Waals surface area contributed by atoms with Crippen molar-refractivity contribution >= 4 is 23.0 Å². The summed E-state index contributed by atoms with van der Waals surface area (Å²) in [4.78, 5) is 9.85. The molecular formula is C17H20N4OS. The van der Waals surface area contributed by atoms with Crippen LogP contribution < -0.4 is 0 Å². The molecule has 0 bridgehead atoms. The summed E-state index contributed by atoms with van der Waals surface area (Å²) in [6, 6.07) is 10.5. The van der Waals surface area contributed by atoms with E-state index in [1.54, 1.807) is 24.3 Å². The van der Waals surface area contributed by atoms with Crippen LogP contribution in [0.5, 0.6) is 0 Å². The second kappa shape index (κ2) is 7.12. The summed E-state index contributed by atoms with van der Waals surface area (Å²) in [7, 11) is 1.98. The van der Waals surface area contributed by atoms with Crippen LogP contribution >= 0.6 is 11.9 Å². The Bertz CT molecular complexity index is 785. The van der Waals surface area contributed by atoms with Crippen LogP contribution in [0.15, 0.2) is 47.6 Å². The molecule has 3 aromatic rings. The van der Waals surface area contributed by atoms with Crippen molar-refractivity contribution < 1.29 is 5.11 Å². The second-order valence-electron chi connectivity index (χ2n) is 5.42. The first-order valence-corrected chi connectivity index (χ1v) is 8.30. The normalized spacial score (nSPS) is 11.5. The fraction of sp³-hybridized carbons (Fsp3) is 0.294. The highest BCUT2D eigenvalue weighted by molar-refractivity contribution is 7.97. The van der Waals surface area contributed by atoms with Gasteiger partial charge in [0.1, 0.15) is 11.3 Å². The number of rotatable bonds is 6. The molecular weight excluding hydrogens is 308 g/mol. The number of aliphatic hydroxyl groups excluding tert-OH is 1. The van der Waals surface area contributed by atoms with Crippen molar-refractivity contribution in [1.29, 1.82) is 0 Å². The molecule has 0 unspecified atom stereocenters. The standard InChI is InChI=1S/C17H20N4OS/c1-13-19-16-11-18-8-7-17(16)21(13)12-14-3-5-15(6-4-14)23-20(2)9-10-22/h3-8,11,22H,9-10,12H2,1-2H3. The lowest BCUT2D eigenvalue weighted by molar-refractivity contribution is 0.273. The average molecular weight is 328 g/mol. The molecule has 1 N–H and O–H groups in total. The molecule has 120 valence electrons. The fourth-order valence-electron chi connectivity index (χ4n) is 2.51. The second-order valence-corrected chi connectivity index (χ2v) is 6.70. The van der Waals surface area contributed by atoms with Crippen LogP contribution in [0.3, 0.4) is 0 Å². The van der Waals surface area contributed by atoms with Gasteiger partial charge in [0, 0.05) is 24.2 Å². The van der Waals surface area contributed by atoms with Gasteiger partial charge < -0.3 is 9.67 Å². The fourth-order valence-corrected chi connectivity index (χ4v) is 3.30. The van der Waals surface area contributed by atoms with E-state index in [1.165, 1.54) is 10.5 Å². The summed E-state index contributed by atoms with van der Waals surface area (Å²) < 4.78 is 4.23. The lowest BCUT2D eigenvalue weighted by atomic mass is 10.2. The molecule has 0 spiro atoms. The van der Waals surface area contributed by atoms with Crippen LogP contribution in [0.2, 0.25) is 0 Å². The van der Waals surface area contributed by atoms with Gasteiger partial charge in [0.2, 0.25) is 0 Å². The molecule has 0 aliphatic carbocycles. The molecule has 3 rings (SSSR count). The molecule has 0 radical (unpaired) electrons. The first kappa shape index (κ1) is 16.0. The third-order valence-corrected chi connectivity index (χ3v) is 4.66. The zero-order chi connectivity index (χ0) is 16.2. The van der Waals surface area contributed by atoms with Gasteiger partial charge in [0.25, 0.3) is 0 Å². The number of aliphatic hydroxyl groups is 1. The summed E-state index contributed by atoms with van der Waals surface area (Å²) in [5, 5.41) is 8.95. The Kier molecular flexibility index (Phi) is 4.95. The Morgan fingerprint density at radius 1 is 1.22 bits per heavy atom. The first-order valence-electron chi connectivity index (χ1n) is 7.53. The quantitative estimate of drug-likeness (QED) is 0.705. The van der Waals surface area contributed by atoms with E-state index in [2.05, 4.69) is 38.8 Å². The minimum Gasteiger partial charge on any atom is -0.395 e. The minimum atomic E-state index is 0.170. The van der Waals surface area contributed by atoms with Crippen molar-refractivity contribution in [2.75, 3.05) is 20.2 Å². The van der Waals surface area contributed by atoms with E-state index in [9.17, 15) is 0 Å². The maximum atomic E-state index is 8.95. The summed E-state index contributed by atoms with van der Waals surface area (Å²) in [6.07, 6.45) is 3.60. The smallest absolute Gasteiger partial charge is 0.107 e. The summed E-state index contributed by atoms with van der Waals surface area (Å²) >= 11 is 1.64. The molecule has 6 heteroatoms. The van der Waals surface area contributed by atoms with Gasteiger partial charge in [-0.15, -0.1) is 0 Å². The molecule has 2 aromatic heterocycles. The van der Waals surface area contributed by atoms with E-state index in [0.29, 0.717) is 6.54 Å². The maximum absolute atomic E-state index is 8.95. The summed E-state index contributed by atoms with van der Waals surface area (Å²) in [5.74, 6) is 0.995. The van der Waals surface area contributed by atoms with E-state index in [4.69, 9.17) is 5.11 Å². The van der Waals surface area contributed by atoms with Crippen LogP contribution in [0.4, 0.5) is 0 Å². The maximum Gasteiger partial charge on any atom is 0.107 e. The lowest BCUT2D eigenvalue weighted by Crippen LogP contribution is -2.13. The molecule has 0 fully saturated rings. The Morgan fingerprint density at radius 3 is 2.74 bits per heavy atom. The number of imidazole rings is 1. The topological polar surface area (TPSA) is 54.2 Å². The predicted molar refractivity (Wildman–Crippen MR) is 93.4 cm³/mol. The highest BCUT2D eigenvalue weighted by Crippen LogP contribution is 2.22. The van der Waals surface area contributed by atoms with Gasteiger partial charge in [-0.1, -0.05) is 12.1 Å². The highest BCUT2D eigenvalue weighted by atomic mass is 32.2. The molecule has 0 aliphatic rings. The predicted octanol–water partition coefficient (Wildman–Crippen LogP) is 2.72. The monoisotopic (exact) mass is 328 g/mol. The van der Waals surface area contributed by atoms with E-state index in [1.807, 2.05) is 24.3 Å². The van der Waals surface area contributed by atoms with Crippen molar-refractivity contribution in [2.24, 2.45) is 0 Å². The van der Waals surface area contributed by atoms with Gasteiger partial charge in [0.05, 0.1) is 18.3 Å². The Balaban J connectivity index is 1.76. The number of pyridine rings is 1. The van der Waals surface area contributed by atoms with Crippen molar-refractivity contribution in [3.05, 3.63) is 54.1 Å². The zero-order valence-corrected chi connectivity index (χ0v) is 14.1. The van der Waals surface area contributed by atoms with Gasteiger partial charge in [-0.05, 0) is 49.7 Å². The van der Waals surface area contributed by atoms with E-state index in [0.717, 1.165) is 23.4 Å². The number of fused-ring (bicyclic) bond motifs is 1. The molecule has 0 atom stereocenters. The lowest BCUT2D eigenvalue weighted by Gasteiger charge is -2.14. The number of nitrogens with zero attached hydrogens (tertiary/aromatic N) is 4. The van der Waals surface area contributed by atoms with E-state index < -0.39 is 0 Å². The third kappa shape index (κ3) is 3.72. The van der Waals surface area contributed by atoms with Crippen LogP contribution in [0, 0.1) is 6.92 Å². The number of hydrogen-bond donors (Lipinski definition) is 1. The number of aromatic nitrogens is 3. The van der Waals surface area contributed by atoms with Crippen LogP contribution in [-0.4, -0.2) is 44.1 Å². The largest absolute Gasteiger partial charge is 0.395 e. The summed E-state index contributed by atoms with van der Waals surface area (Å²) in [6.45, 7) is 3.64. The molecule has 5 nitrogen and oxygen atoms in total. The number of hydrogen-bond acceptors (Lipinski definition) is 5. The number of likely N-dealkylation sites (N-methyl/N-ethyl adjacent to an activating group) is 1. The van der Waals surface area contributed by atoms with Crippen molar-refractivity contribution in [1.82, 2.24) is 18.8 Å². The highest BCUT2D eigenvalue weighted by Gasteiger charge is 2.08. The molecule has 0 saturated heterocycles. The summed E-state index contributed by atoms with van der Waals surface area (Å²) in [5.41, 5.74) is 3.28. The Labute approximate surface area is 140 Å². The molecule has 1 aromatic carbocycles. The van der Waals surface area contributed by atoms with Crippen molar-refractivity contribution in [3.8, 4) is 0 Å². The molecule has 0 amide bonds. The number of aryl methyl sites for hydroxylation is 1. The van der Waals surface area contributed by atoms with Crippen LogP contribution in [-0.2, 0) is 6.54 Å². The van der Waals surface area contributed by atoms with Crippen LogP contribution in [0.1, 0.15) is 11.4 Å². The molecule has 23 heavy (non-hydrogen) atoms. The van der Waals surface area contributed by atoms with Crippen molar-refractivity contribution in [2.45, 2.75) is 18.4 Å². The number of benzene rings is 1. The van der Waals surface area contributed by atoms with Crippen molar-refractivity contribution in [3.63, 3.8) is 0 Å². The first-order chi connectivity index (χ1) is 11.2. The zero-order valence-electron chi connectivity index (χ0n) is 13.3.